The zero-order valence-electron chi connectivity index (χ0n) is 10.1. The van der Waals surface area contributed by atoms with Crippen LogP contribution in [0.3, 0.4) is 0 Å². The van der Waals surface area contributed by atoms with Gasteiger partial charge in [-0.3, -0.25) is 0 Å². The van der Waals surface area contributed by atoms with Gasteiger partial charge in [0.1, 0.15) is 9.84 Å². The highest BCUT2D eigenvalue weighted by molar-refractivity contribution is 7.92. The highest BCUT2D eigenvalue weighted by Crippen LogP contribution is 2.44. The van der Waals surface area contributed by atoms with Crippen LogP contribution in [0.2, 0.25) is 0 Å². The van der Waals surface area contributed by atoms with Crippen molar-refractivity contribution in [1.29, 1.82) is 0 Å². The summed E-state index contributed by atoms with van der Waals surface area (Å²) in [5.41, 5.74) is -0.270. The molecule has 2 N–H and O–H groups in total. The minimum atomic E-state index is -3.46. The van der Waals surface area contributed by atoms with E-state index in [0.29, 0.717) is 0 Å². The van der Waals surface area contributed by atoms with Crippen molar-refractivity contribution >= 4 is 19.9 Å². The van der Waals surface area contributed by atoms with Crippen molar-refractivity contribution in [2.45, 2.75) is 30.9 Å². The fourth-order valence-corrected chi connectivity index (χ4v) is 5.51. The predicted molar refractivity (Wildman–Crippen MR) is 67.4 cm³/mol. The molecule has 0 amide bonds. The summed E-state index contributed by atoms with van der Waals surface area (Å²) in [5.74, 6) is -0.104. The molecule has 8 heteroatoms. The summed E-state index contributed by atoms with van der Waals surface area (Å²) in [4.78, 5) is 0. The number of hydrogen-bond acceptors (Lipinski definition) is 5. The van der Waals surface area contributed by atoms with Crippen LogP contribution >= 0.6 is 0 Å². The maximum absolute atomic E-state index is 12.0. The molecule has 0 unspecified atom stereocenters. The lowest BCUT2D eigenvalue weighted by molar-refractivity contribution is 0.213. The second kappa shape index (κ2) is 4.73. The normalized spacial score (nSPS) is 26.9. The topological polar surface area (TPSA) is 101 Å². The highest BCUT2D eigenvalue weighted by Gasteiger charge is 2.43. The maximum Gasteiger partial charge on any atom is 0.214 e. The molecule has 0 aromatic heterocycles. The Morgan fingerprint density at radius 1 is 1.22 bits per heavy atom. The molecule has 0 bridgehead atoms. The third-order valence-electron chi connectivity index (χ3n) is 3.88. The van der Waals surface area contributed by atoms with E-state index in [1.54, 1.807) is 0 Å². The summed E-state index contributed by atoms with van der Waals surface area (Å²) in [7, 11) is -6.51. The molecule has 2 rings (SSSR count). The number of nitrogens with one attached hydrogen (secondary N) is 1. The SMILES string of the molecule is O=S1(=O)CCC(S(=O)(=O)NCC2(CO)CC2)CC1. The van der Waals surface area contributed by atoms with E-state index >= 15 is 0 Å². The first-order valence-electron chi connectivity index (χ1n) is 6.08. The quantitative estimate of drug-likeness (QED) is 0.696. The largest absolute Gasteiger partial charge is 0.396 e. The van der Waals surface area contributed by atoms with E-state index in [9.17, 15) is 16.8 Å². The molecular formula is C10H19NO5S2. The van der Waals surface area contributed by atoms with Gasteiger partial charge in [-0.05, 0) is 25.7 Å². The molecular weight excluding hydrogens is 278 g/mol. The number of rotatable bonds is 5. The lowest BCUT2D eigenvalue weighted by Gasteiger charge is -2.23. The highest BCUT2D eigenvalue weighted by atomic mass is 32.2. The van der Waals surface area contributed by atoms with E-state index in [1.165, 1.54) is 0 Å². The van der Waals surface area contributed by atoms with Gasteiger partial charge in [0.05, 0.1) is 16.8 Å². The van der Waals surface area contributed by atoms with E-state index in [0.717, 1.165) is 12.8 Å². The fourth-order valence-electron chi connectivity index (χ4n) is 2.12. The summed E-state index contributed by atoms with van der Waals surface area (Å²) in [5, 5.41) is 8.50. The third-order valence-corrected chi connectivity index (χ3v) is 7.49. The van der Waals surface area contributed by atoms with Gasteiger partial charge in [-0.1, -0.05) is 0 Å². The Morgan fingerprint density at radius 3 is 2.22 bits per heavy atom. The number of hydrogen-bond donors (Lipinski definition) is 2. The smallest absolute Gasteiger partial charge is 0.214 e. The molecule has 0 aromatic carbocycles. The first-order chi connectivity index (χ1) is 8.29. The van der Waals surface area contributed by atoms with E-state index in [4.69, 9.17) is 5.11 Å². The van der Waals surface area contributed by atoms with Crippen LogP contribution in [0.15, 0.2) is 0 Å². The van der Waals surface area contributed by atoms with E-state index in [-0.39, 0.29) is 42.9 Å². The van der Waals surface area contributed by atoms with Gasteiger partial charge in [-0.25, -0.2) is 21.6 Å². The molecule has 0 spiro atoms. The van der Waals surface area contributed by atoms with Crippen molar-refractivity contribution in [3.05, 3.63) is 0 Å². The number of sulfonamides is 1. The molecule has 2 fully saturated rings. The van der Waals surface area contributed by atoms with Gasteiger partial charge in [-0.15, -0.1) is 0 Å². The summed E-state index contributed by atoms with van der Waals surface area (Å²) < 4.78 is 49.0. The molecule has 1 aliphatic carbocycles. The molecule has 106 valence electrons. The van der Waals surface area contributed by atoms with Gasteiger partial charge in [-0.2, -0.15) is 0 Å². The van der Waals surface area contributed by atoms with E-state index < -0.39 is 25.1 Å². The lowest BCUT2D eigenvalue weighted by Crippen LogP contribution is -2.42. The Hall–Kier alpha value is -0.180. The Labute approximate surface area is 108 Å². The zero-order valence-corrected chi connectivity index (χ0v) is 11.8. The van der Waals surface area contributed by atoms with E-state index in [1.807, 2.05) is 0 Å². The molecule has 6 nitrogen and oxygen atoms in total. The van der Waals surface area contributed by atoms with Crippen LogP contribution in [0.4, 0.5) is 0 Å². The minimum absolute atomic E-state index is 0.00539. The predicted octanol–water partition coefficient (Wildman–Crippen LogP) is -0.744. The molecule has 1 heterocycles. The average molecular weight is 297 g/mol. The van der Waals surface area contributed by atoms with Crippen LogP contribution in [-0.2, 0) is 19.9 Å². The molecule has 0 atom stereocenters. The lowest BCUT2D eigenvalue weighted by atomic mass is 10.1. The van der Waals surface area contributed by atoms with Crippen molar-refractivity contribution in [3.8, 4) is 0 Å². The van der Waals surface area contributed by atoms with Crippen molar-refractivity contribution in [2.24, 2.45) is 5.41 Å². The van der Waals surface area contributed by atoms with Crippen LogP contribution in [0, 0.1) is 5.41 Å². The van der Waals surface area contributed by atoms with Gasteiger partial charge in [0.2, 0.25) is 10.0 Å². The zero-order chi connectivity index (χ0) is 13.4. The average Bonchev–Trinajstić information content (AvgIpc) is 3.07. The monoisotopic (exact) mass is 297 g/mol. The summed E-state index contributed by atoms with van der Waals surface area (Å²) in [6.45, 7) is 0.254. The van der Waals surface area contributed by atoms with Crippen LogP contribution < -0.4 is 4.72 Å². The van der Waals surface area contributed by atoms with Gasteiger partial charge in [0, 0.05) is 18.6 Å². The second-order valence-corrected chi connectivity index (χ2v) is 9.72. The Morgan fingerprint density at radius 2 is 1.78 bits per heavy atom. The van der Waals surface area contributed by atoms with E-state index in [2.05, 4.69) is 4.72 Å². The molecule has 18 heavy (non-hydrogen) atoms. The first kappa shape index (κ1) is 14.2. The minimum Gasteiger partial charge on any atom is -0.396 e. The van der Waals surface area contributed by atoms with Crippen LogP contribution in [0.1, 0.15) is 25.7 Å². The van der Waals surface area contributed by atoms with Gasteiger partial charge in [0.25, 0.3) is 0 Å². The summed E-state index contributed by atoms with van der Waals surface area (Å²) in [6.07, 6.45) is 2.02. The summed E-state index contributed by atoms with van der Waals surface area (Å²) >= 11 is 0. The van der Waals surface area contributed by atoms with Gasteiger partial charge < -0.3 is 5.11 Å². The summed E-state index contributed by atoms with van der Waals surface area (Å²) in [6, 6.07) is 0. The first-order valence-corrected chi connectivity index (χ1v) is 9.45. The molecule has 0 aromatic rings. The molecule has 1 saturated heterocycles. The number of aliphatic hydroxyl groups is 1. The molecule has 1 aliphatic heterocycles. The molecule has 1 saturated carbocycles. The third kappa shape index (κ3) is 3.23. The second-order valence-electron chi connectivity index (χ2n) is 5.38. The molecule has 0 radical (unpaired) electrons. The Bertz CT molecular complexity index is 492. The van der Waals surface area contributed by atoms with Crippen molar-refractivity contribution < 1.29 is 21.9 Å². The fraction of sp³-hybridized carbons (Fsp3) is 1.00. The standard InChI is InChI=1S/C10H19NO5S2/c12-8-10(3-4-10)7-11-18(15,16)9-1-5-17(13,14)6-2-9/h9,11-12H,1-8H2. The van der Waals surface area contributed by atoms with Crippen molar-refractivity contribution in [1.82, 2.24) is 4.72 Å². The van der Waals surface area contributed by atoms with Crippen LogP contribution in [-0.4, -0.2) is 51.8 Å². The van der Waals surface area contributed by atoms with Gasteiger partial charge >= 0.3 is 0 Å². The maximum atomic E-state index is 12.0. The Balaban J connectivity index is 1.91. The number of sulfone groups is 1. The Kier molecular flexibility index (Phi) is 3.74. The van der Waals surface area contributed by atoms with Crippen LogP contribution in [0.5, 0.6) is 0 Å². The van der Waals surface area contributed by atoms with Crippen LogP contribution in [0.25, 0.3) is 0 Å². The number of aliphatic hydroxyl groups excluding tert-OH is 1. The van der Waals surface area contributed by atoms with Crippen molar-refractivity contribution in [3.63, 3.8) is 0 Å². The van der Waals surface area contributed by atoms with Gasteiger partial charge in [0.15, 0.2) is 0 Å². The van der Waals surface area contributed by atoms with Crippen molar-refractivity contribution in [2.75, 3.05) is 24.7 Å². The molecule has 2 aliphatic rings.